The van der Waals surface area contributed by atoms with Gasteiger partial charge in [0.1, 0.15) is 5.15 Å². The zero-order valence-electron chi connectivity index (χ0n) is 10.0. The molecule has 0 bridgehead atoms. The molecule has 0 aliphatic carbocycles. The maximum atomic E-state index is 11.8. The third-order valence-electron chi connectivity index (χ3n) is 2.27. The Morgan fingerprint density at radius 2 is 2.44 bits per heavy atom. The van der Waals surface area contributed by atoms with Gasteiger partial charge in [-0.2, -0.15) is 0 Å². The fourth-order valence-electron chi connectivity index (χ4n) is 1.36. The topological polar surface area (TPSA) is 97.5 Å². The van der Waals surface area contributed by atoms with E-state index >= 15 is 0 Å². The van der Waals surface area contributed by atoms with Crippen LogP contribution in [0.5, 0.6) is 0 Å². The molecule has 0 saturated carbocycles. The van der Waals surface area contributed by atoms with Crippen LogP contribution in [0.3, 0.4) is 0 Å². The summed E-state index contributed by atoms with van der Waals surface area (Å²) in [5, 5.41) is 12.2. The van der Waals surface area contributed by atoms with Crippen molar-refractivity contribution >= 4 is 23.2 Å². The number of aliphatic hydroxyl groups is 1. The largest absolute Gasteiger partial charge is 0.397 e. The van der Waals surface area contributed by atoms with E-state index in [-0.39, 0.29) is 28.9 Å². The van der Waals surface area contributed by atoms with Crippen LogP contribution in [0.4, 0.5) is 5.69 Å². The van der Waals surface area contributed by atoms with Gasteiger partial charge in [-0.3, -0.25) is 4.79 Å². The van der Waals surface area contributed by atoms with Gasteiger partial charge in [0, 0.05) is 13.7 Å². The molecule has 0 spiro atoms. The van der Waals surface area contributed by atoms with Crippen molar-refractivity contribution in [2.75, 3.05) is 26.0 Å². The van der Waals surface area contributed by atoms with Crippen LogP contribution in [0, 0.1) is 0 Å². The van der Waals surface area contributed by atoms with E-state index in [1.807, 2.05) is 0 Å². The maximum absolute atomic E-state index is 11.8. The van der Waals surface area contributed by atoms with Crippen molar-refractivity contribution in [3.63, 3.8) is 0 Å². The summed E-state index contributed by atoms with van der Waals surface area (Å²) >= 11 is 5.68. The molecule has 0 aliphatic heterocycles. The Morgan fingerprint density at radius 1 is 1.72 bits per heavy atom. The number of nitrogens with one attached hydrogen (secondary N) is 1. The highest BCUT2D eigenvalue weighted by Gasteiger charge is 2.11. The average Bonchev–Trinajstić information content (AvgIpc) is 2.32. The number of hydrogen-bond acceptors (Lipinski definition) is 5. The van der Waals surface area contributed by atoms with Crippen molar-refractivity contribution in [1.82, 2.24) is 10.3 Å². The van der Waals surface area contributed by atoms with Crippen LogP contribution in [0.15, 0.2) is 12.3 Å². The summed E-state index contributed by atoms with van der Waals surface area (Å²) < 4.78 is 4.77. The Labute approximate surface area is 110 Å². The van der Waals surface area contributed by atoms with Crippen molar-refractivity contribution in [3.8, 4) is 0 Å². The molecule has 7 heteroatoms. The minimum absolute atomic E-state index is 0.203. The quantitative estimate of drug-likeness (QED) is 0.654. The molecule has 1 amide bonds. The summed E-state index contributed by atoms with van der Waals surface area (Å²) in [4.78, 5) is 15.5. The lowest BCUT2D eigenvalue weighted by atomic mass is 10.2. The Balaban J connectivity index is 2.48. The Bertz CT molecular complexity index is 415. The molecule has 0 radical (unpaired) electrons. The SMILES string of the molecule is COCC(O)CCNC(=O)c1cc(Cl)ncc1N. The highest BCUT2D eigenvalue weighted by Crippen LogP contribution is 2.14. The standard InChI is InChI=1S/C11H16ClN3O3/c1-18-6-7(16)2-3-14-11(17)8-4-10(12)15-5-9(8)13/h4-5,7,16H,2-3,6,13H2,1H3,(H,14,17). The summed E-state index contributed by atoms with van der Waals surface area (Å²) in [6, 6.07) is 1.40. The number of carbonyl (C=O) groups excluding carboxylic acids is 1. The lowest BCUT2D eigenvalue weighted by molar-refractivity contribution is 0.0588. The second kappa shape index (κ2) is 7.15. The number of aromatic nitrogens is 1. The minimum Gasteiger partial charge on any atom is -0.397 e. The normalized spacial score (nSPS) is 12.2. The molecule has 1 heterocycles. The molecule has 18 heavy (non-hydrogen) atoms. The van der Waals surface area contributed by atoms with E-state index in [2.05, 4.69) is 10.3 Å². The maximum Gasteiger partial charge on any atom is 0.253 e. The van der Waals surface area contributed by atoms with Crippen LogP contribution < -0.4 is 11.1 Å². The van der Waals surface area contributed by atoms with Gasteiger partial charge < -0.3 is 20.9 Å². The van der Waals surface area contributed by atoms with Gasteiger partial charge in [0.05, 0.1) is 30.2 Å². The number of methoxy groups -OCH3 is 1. The summed E-state index contributed by atoms with van der Waals surface area (Å²) in [7, 11) is 1.50. The van der Waals surface area contributed by atoms with Crippen LogP contribution in [-0.2, 0) is 4.74 Å². The van der Waals surface area contributed by atoms with Gasteiger partial charge in [-0.05, 0) is 12.5 Å². The number of anilines is 1. The van der Waals surface area contributed by atoms with Gasteiger partial charge in [-0.25, -0.2) is 4.98 Å². The van der Waals surface area contributed by atoms with E-state index in [0.717, 1.165) is 0 Å². The second-order valence-corrected chi connectivity index (χ2v) is 4.14. The number of rotatable bonds is 6. The van der Waals surface area contributed by atoms with Crippen molar-refractivity contribution in [3.05, 3.63) is 23.0 Å². The van der Waals surface area contributed by atoms with Gasteiger partial charge >= 0.3 is 0 Å². The van der Waals surface area contributed by atoms with E-state index in [1.54, 1.807) is 0 Å². The van der Waals surface area contributed by atoms with Crippen LogP contribution in [0.2, 0.25) is 5.15 Å². The lowest BCUT2D eigenvalue weighted by Crippen LogP contribution is -2.29. The predicted octanol–water partition coefficient (Wildman–Crippen LogP) is 0.444. The highest BCUT2D eigenvalue weighted by atomic mass is 35.5. The van der Waals surface area contributed by atoms with E-state index in [1.165, 1.54) is 19.4 Å². The smallest absolute Gasteiger partial charge is 0.253 e. The first-order valence-electron chi connectivity index (χ1n) is 5.40. The van der Waals surface area contributed by atoms with Crippen molar-refractivity contribution < 1.29 is 14.6 Å². The Kier molecular flexibility index (Phi) is 5.84. The average molecular weight is 274 g/mol. The number of aliphatic hydroxyl groups excluding tert-OH is 1. The van der Waals surface area contributed by atoms with E-state index in [4.69, 9.17) is 22.1 Å². The molecular weight excluding hydrogens is 258 g/mol. The molecular formula is C11H16ClN3O3. The number of carbonyl (C=O) groups is 1. The molecule has 6 nitrogen and oxygen atoms in total. The first-order chi connectivity index (χ1) is 8.54. The van der Waals surface area contributed by atoms with Crippen LogP contribution in [0.1, 0.15) is 16.8 Å². The number of hydrogen-bond donors (Lipinski definition) is 3. The molecule has 100 valence electrons. The number of nitrogen functional groups attached to an aromatic ring is 1. The fourth-order valence-corrected chi connectivity index (χ4v) is 1.52. The molecule has 1 rings (SSSR count). The third-order valence-corrected chi connectivity index (χ3v) is 2.47. The molecule has 0 saturated heterocycles. The molecule has 4 N–H and O–H groups in total. The van der Waals surface area contributed by atoms with Crippen LogP contribution in [0.25, 0.3) is 0 Å². The number of nitrogens with zero attached hydrogens (tertiary/aromatic N) is 1. The molecule has 0 aromatic carbocycles. The molecule has 1 unspecified atom stereocenters. The van der Waals surface area contributed by atoms with Gasteiger partial charge in [-0.1, -0.05) is 11.6 Å². The molecule has 1 aromatic rings. The first kappa shape index (κ1) is 14.7. The predicted molar refractivity (Wildman–Crippen MR) is 68.5 cm³/mol. The van der Waals surface area contributed by atoms with Crippen molar-refractivity contribution in [2.45, 2.75) is 12.5 Å². The van der Waals surface area contributed by atoms with E-state index < -0.39 is 6.10 Å². The Hall–Kier alpha value is -1.37. The van der Waals surface area contributed by atoms with Gasteiger partial charge in [0.15, 0.2) is 0 Å². The van der Waals surface area contributed by atoms with Crippen LogP contribution in [-0.4, -0.2) is 42.4 Å². The number of halogens is 1. The van der Waals surface area contributed by atoms with Crippen molar-refractivity contribution in [1.29, 1.82) is 0 Å². The summed E-state index contributed by atoms with van der Waals surface area (Å²) in [5.74, 6) is -0.346. The summed E-state index contributed by atoms with van der Waals surface area (Å²) in [5.41, 5.74) is 6.15. The molecule has 1 aromatic heterocycles. The summed E-state index contributed by atoms with van der Waals surface area (Å²) in [6.45, 7) is 0.557. The monoisotopic (exact) mass is 273 g/mol. The van der Waals surface area contributed by atoms with Crippen LogP contribution >= 0.6 is 11.6 Å². The number of nitrogens with two attached hydrogens (primary N) is 1. The first-order valence-corrected chi connectivity index (χ1v) is 5.78. The number of ether oxygens (including phenoxy) is 1. The summed E-state index contributed by atoms with van der Waals surface area (Å²) in [6.07, 6.45) is 1.13. The Morgan fingerprint density at radius 3 is 3.11 bits per heavy atom. The van der Waals surface area contributed by atoms with E-state index in [9.17, 15) is 9.90 Å². The number of amides is 1. The number of pyridine rings is 1. The van der Waals surface area contributed by atoms with Gasteiger partial charge in [0.25, 0.3) is 5.91 Å². The molecule has 1 atom stereocenters. The fraction of sp³-hybridized carbons (Fsp3) is 0.455. The highest BCUT2D eigenvalue weighted by molar-refractivity contribution is 6.29. The second-order valence-electron chi connectivity index (χ2n) is 3.75. The third kappa shape index (κ3) is 4.48. The lowest BCUT2D eigenvalue weighted by Gasteiger charge is -2.11. The zero-order valence-corrected chi connectivity index (χ0v) is 10.8. The minimum atomic E-state index is -0.603. The van der Waals surface area contributed by atoms with E-state index in [0.29, 0.717) is 13.0 Å². The van der Waals surface area contributed by atoms with Crippen molar-refractivity contribution in [2.24, 2.45) is 0 Å². The van der Waals surface area contributed by atoms with Gasteiger partial charge in [-0.15, -0.1) is 0 Å². The molecule has 0 fully saturated rings. The zero-order chi connectivity index (χ0) is 13.5. The van der Waals surface area contributed by atoms with Gasteiger partial charge in [0.2, 0.25) is 0 Å². The molecule has 0 aliphatic rings.